The maximum absolute atomic E-state index is 12.4. The molecule has 3 aromatic carbocycles. The summed E-state index contributed by atoms with van der Waals surface area (Å²) in [6, 6.07) is 26.7. The Kier molecular flexibility index (Phi) is 3.92. The number of rotatable bonds is 3. The van der Waals surface area contributed by atoms with Gasteiger partial charge in [0.05, 0.1) is 11.2 Å². The van der Waals surface area contributed by atoms with Crippen molar-refractivity contribution in [2.24, 2.45) is 0 Å². The smallest absolute Gasteiger partial charge is 0.258 e. The highest BCUT2D eigenvalue weighted by molar-refractivity contribution is 6.04. The average molecular weight is 325 g/mol. The molecule has 1 amide bonds. The van der Waals surface area contributed by atoms with Gasteiger partial charge in [-0.15, -0.1) is 0 Å². The van der Waals surface area contributed by atoms with Gasteiger partial charge in [0.15, 0.2) is 0 Å². The van der Waals surface area contributed by atoms with Crippen LogP contribution in [0.2, 0.25) is 0 Å². The number of amides is 1. The largest absolute Gasteiger partial charge is 0.290 e. The first-order chi connectivity index (χ1) is 12.3. The van der Waals surface area contributed by atoms with Crippen LogP contribution < -0.4 is 5.32 Å². The minimum Gasteiger partial charge on any atom is -0.290 e. The van der Waals surface area contributed by atoms with Crippen molar-refractivity contribution in [2.45, 2.75) is 0 Å². The summed E-state index contributed by atoms with van der Waals surface area (Å²) >= 11 is 0. The van der Waals surface area contributed by atoms with Crippen LogP contribution in [0.15, 0.2) is 84.9 Å². The van der Waals surface area contributed by atoms with Gasteiger partial charge in [0.1, 0.15) is 0 Å². The van der Waals surface area contributed by atoms with Gasteiger partial charge in [0.25, 0.3) is 5.91 Å². The minimum absolute atomic E-state index is 0.227. The van der Waals surface area contributed by atoms with E-state index in [0.29, 0.717) is 11.5 Å². The van der Waals surface area contributed by atoms with E-state index >= 15 is 0 Å². The molecule has 1 N–H and O–H groups in total. The van der Waals surface area contributed by atoms with Crippen molar-refractivity contribution < 1.29 is 4.79 Å². The zero-order valence-electron chi connectivity index (χ0n) is 13.4. The lowest BCUT2D eigenvalue weighted by Gasteiger charge is -2.10. The van der Waals surface area contributed by atoms with E-state index in [1.165, 1.54) is 0 Å². The Hall–Kier alpha value is -3.53. The topological polar surface area (TPSA) is 54.9 Å². The molecule has 4 aromatic rings. The molecule has 1 aromatic heterocycles. The van der Waals surface area contributed by atoms with Gasteiger partial charge < -0.3 is 0 Å². The van der Waals surface area contributed by atoms with E-state index in [1.54, 1.807) is 12.1 Å². The van der Waals surface area contributed by atoms with E-state index < -0.39 is 0 Å². The predicted molar refractivity (Wildman–Crippen MR) is 99.4 cm³/mol. The summed E-state index contributed by atoms with van der Waals surface area (Å²) in [5.41, 5.74) is 3.14. The molecule has 0 unspecified atom stereocenters. The number of anilines is 1. The number of para-hydroxylation sites is 1. The molecule has 4 heteroatoms. The fourth-order valence-electron chi connectivity index (χ4n) is 2.71. The molecule has 25 heavy (non-hydrogen) atoms. The third-order valence-electron chi connectivity index (χ3n) is 3.91. The fourth-order valence-corrected chi connectivity index (χ4v) is 2.71. The third-order valence-corrected chi connectivity index (χ3v) is 3.91. The first-order valence-corrected chi connectivity index (χ1v) is 8.00. The zero-order chi connectivity index (χ0) is 17.1. The first kappa shape index (κ1) is 15.0. The van der Waals surface area contributed by atoms with Gasteiger partial charge >= 0.3 is 0 Å². The molecular weight excluding hydrogens is 310 g/mol. The lowest BCUT2D eigenvalue weighted by molar-refractivity contribution is 0.102. The van der Waals surface area contributed by atoms with Gasteiger partial charge in [-0.2, -0.15) is 0 Å². The zero-order valence-corrected chi connectivity index (χ0v) is 13.4. The van der Waals surface area contributed by atoms with E-state index in [-0.39, 0.29) is 5.91 Å². The molecule has 4 rings (SSSR count). The van der Waals surface area contributed by atoms with Crippen molar-refractivity contribution in [1.29, 1.82) is 0 Å². The monoisotopic (exact) mass is 325 g/mol. The molecule has 0 atom stereocenters. The lowest BCUT2D eigenvalue weighted by Crippen LogP contribution is -2.14. The summed E-state index contributed by atoms with van der Waals surface area (Å²) in [7, 11) is 0. The van der Waals surface area contributed by atoms with Gasteiger partial charge in [-0.1, -0.05) is 66.7 Å². The van der Waals surface area contributed by atoms with Gasteiger partial charge in [-0.05, 0) is 18.2 Å². The number of hydrogen-bond donors (Lipinski definition) is 1. The van der Waals surface area contributed by atoms with E-state index in [1.807, 2.05) is 72.8 Å². The quantitative estimate of drug-likeness (QED) is 0.601. The second kappa shape index (κ2) is 6.53. The normalized spacial score (nSPS) is 10.6. The summed E-state index contributed by atoms with van der Waals surface area (Å²) < 4.78 is 0. The molecule has 1 heterocycles. The number of carbonyl (C=O) groups excluding carboxylic acids is 1. The summed E-state index contributed by atoms with van der Waals surface area (Å²) in [5.74, 6) is 0.0706. The van der Waals surface area contributed by atoms with Crippen molar-refractivity contribution in [2.75, 3.05) is 5.32 Å². The van der Waals surface area contributed by atoms with Crippen molar-refractivity contribution in [1.82, 2.24) is 9.97 Å². The lowest BCUT2D eigenvalue weighted by atomic mass is 10.1. The molecule has 0 aliphatic carbocycles. The SMILES string of the molecule is O=C(Nc1nc(-c2ccccc2)c2ccccc2n1)c1ccccc1. The van der Waals surface area contributed by atoms with Crippen molar-refractivity contribution in [3.05, 3.63) is 90.5 Å². The van der Waals surface area contributed by atoms with E-state index in [9.17, 15) is 4.79 Å². The Bertz CT molecular complexity index is 1030. The van der Waals surface area contributed by atoms with E-state index in [2.05, 4.69) is 15.3 Å². The second-order valence-corrected chi connectivity index (χ2v) is 5.60. The van der Waals surface area contributed by atoms with Gasteiger partial charge in [-0.3, -0.25) is 10.1 Å². The Balaban J connectivity index is 1.79. The molecule has 0 saturated heterocycles. The molecular formula is C21H15N3O. The van der Waals surface area contributed by atoms with Crippen LogP contribution in [0.25, 0.3) is 22.2 Å². The maximum Gasteiger partial charge on any atom is 0.258 e. The predicted octanol–water partition coefficient (Wildman–Crippen LogP) is 4.55. The van der Waals surface area contributed by atoms with Crippen LogP contribution in [-0.4, -0.2) is 15.9 Å². The molecule has 0 fully saturated rings. The van der Waals surface area contributed by atoms with Crippen LogP contribution in [-0.2, 0) is 0 Å². The minimum atomic E-state index is -0.227. The summed E-state index contributed by atoms with van der Waals surface area (Å²) in [6.07, 6.45) is 0. The first-order valence-electron chi connectivity index (χ1n) is 8.00. The van der Waals surface area contributed by atoms with Crippen LogP contribution >= 0.6 is 0 Å². The second-order valence-electron chi connectivity index (χ2n) is 5.60. The van der Waals surface area contributed by atoms with Crippen LogP contribution in [0, 0.1) is 0 Å². The van der Waals surface area contributed by atoms with Crippen molar-refractivity contribution >= 4 is 22.8 Å². The number of fused-ring (bicyclic) bond motifs is 1. The van der Waals surface area contributed by atoms with Crippen LogP contribution in [0.5, 0.6) is 0 Å². The number of nitrogens with one attached hydrogen (secondary N) is 1. The number of nitrogens with zero attached hydrogens (tertiary/aromatic N) is 2. The van der Waals surface area contributed by atoms with Crippen LogP contribution in [0.4, 0.5) is 5.95 Å². The van der Waals surface area contributed by atoms with Crippen molar-refractivity contribution in [3.63, 3.8) is 0 Å². The molecule has 0 radical (unpaired) electrons. The average Bonchev–Trinajstić information content (AvgIpc) is 2.68. The molecule has 0 bridgehead atoms. The maximum atomic E-state index is 12.4. The summed E-state index contributed by atoms with van der Waals surface area (Å²) in [5, 5.41) is 3.75. The Morgan fingerprint density at radius 3 is 2.12 bits per heavy atom. The Labute approximate surface area is 145 Å². The molecule has 0 spiro atoms. The van der Waals surface area contributed by atoms with Gasteiger partial charge in [-0.25, -0.2) is 9.97 Å². The van der Waals surface area contributed by atoms with E-state index in [4.69, 9.17) is 0 Å². The molecule has 120 valence electrons. The van der Waals surface area contributed by atoms with Gasteiger partial charge in [0, 0.05) is 16.5 Å². The summed E-state index contributed by atoms with van der Waals surface area (Å²) in [4.78, 5) is 21.5. The van der Waals surface area contributed by atoms with Crippen molar-refractivity contribution in [3.8, 4) is 11.3 Å². The third kappa shape index (κ3) is 3.10. The molecule has 4 nitrogen and oxygen atoms in total. The highest BCUT2D eigenvalue weighted by Gasteiger charge is 2.12. The highest BCUT2D eigenvalue weighted by Crippen LogP contribution is 2.27. The van der Waals surface area contributed by atoms with E-state index in [0.717, 1.165) is 22.2 Å². The van der Waals surface area contributed by atoms with Gasteiger partial charge in [0.2, 0.25) is 5.95 Å². The number of benzene rings is 3. The molecule has 0 aliphatic heterocycles. The van der Waals surface area contributed by atoms with Crippen LogP contribution in [0.3, 0.4) is 0 Å². The number of carbonyl (C=O) groups is 1. The van der Waals surface area contributed by atoms with Crippen LogP contribution in [0.1, 0.15) is 10.4 Å². The molecule has 0 saturated carbocycles. The highest BCUT2D eigenvalue weighted by atomic mass is 16.1. The number of hydrogen-bond acceptors (Lipinski definition) is 3. The fraction of sp³-hybridized carbons (Fsp3) is 0. The number of aromatic nitrogens is 2. The standard InChI is InChI=1S/C21H15N3O/c25-20(16-11-5-2-6-12-16)24-21-22-18-14-8-7-13-17(18)19(23-21)15-9-3-1-4-10-15/h1-14H,(H,22,23,24,25). The Morgan fingerprint density at radius 2 is 1.36 bits per heavy atom. The molecule has 0 aliphatic rings. The Morgan fingerprint density at radius 1 is 0.720 bits per heavy atom. The summed E-state index contributed by atoms with van der Waals surface area (Å²) in [6.45, 7) is 0.